The molecule has 24 heavy (non-hydrogen) atoms. The number of hydrogen-bond donors (Lipinski definition) is 1. The lowest BCUT2D eigenvalue weighted by molar-refractivity contribution is -0.130. The molecule has 0 saturated carbocycles. The lowest BCUT2D eigenvalue weighted by Gasteiger charge is -2.17. The van der Waals surface area contributed by atoms with Gasteiger partial charge in [-0.15, -0.1) is 0 Å². The molecule has 1 heterocycles. The van der Waals surface area contributed by atoms with Crippen molar-refractivity contribution in [3.8, 4) is 0 Å². The van der Waals surface area contributed by atoms with Gasteiger partial charge in [0.15, 0.2) is 0 Å². The van der Waals surface area contributed by atoms with E-state index < -0.39 is 5.97 Å². The van der Waals surface area contributed by atoms with Crippen molar-refractivity contribution in [2.75, 3.05) is 7.05 Å². The average Bonchev–Trinajstić information content (AvgIpc) is 2.93. The standard InChI is InChI=1S/C19H23NO4/c1-13(15-7-5-4-6-8-15)9-10-18(21)20(3)12-16-11-17(19(22)23)14(2)24-16/h4-8,11,13H,9-10,12H2,1-3H3,(H,22,23). The third kappa shape index (κ3) is 4.47. The fourth-order valence-corrected chi connectivity index (χ4v) is 2.63. The van der Waals surface area contributed by atoms with Crippen molar-refractivity contribution in [3.63, 3.8) is 0 Å². The summed E-state index contributed by atoms with van der Waals surface area (Å²) in [5.41, 5.74) is 1.37. The molecule has 1 aromatic carbocycles. The van der Waals surface area contributed by atoms with Crippen LogP contribution in [0.5, 0.6) is 0 Å². The van der Waals surface area contributed by atoms with Crippen LogP contribution in [0.4, 0.5) is 0 Å². The number of rotatable bonds is 7. The minimum absolute atomic E-state index is 0.0173. The van der Waals surface area contributed by atoms with Gasteiger partial charge < -0.3 is 14.4 Å². The molecular formula is C19H23NO4. The van der Waals surface area contributed by atoms with Crippen LogP contribution in [0.25, 0.3) is 0 Å². The number of carbonyl (C=O) groups excluding carboxylic acids is 1. The molecule has 0 fully saturated rings. The molecule has 1 atom stereocenters. The highest BCUT2D eigenvalue weighted by Crippen LogP contribution is 2.21. The van der Waals surface area contributed by atoms with Crippen molar-refractivity contribution < 1.29 is 19.1 Å². The highest BCUT2D eigenvalue weighted by Gasteiger charge is 2.17. The van der Waals surface area contributed by atoms with Gasteiger partial charge in [0.25, 0.3) is 0 Å². The van der Waals surface area contributed by atoms with Crippen LogP contribution < -0.4 is 0 Å². The quantitative estimate of drug-likeness (QED) is 0.838. The fourth-order valence-electron chi connectivity index (χ4n) is 2.63. The van der Waals surface area contributed by atoms with E-state index in [0.29, 0.717) is 23.9 Å². The fraction of sp³-hybridized carbons (Fsp3) is 0.368. The molecule has 1 unspecified atom stereocenters. The molecule has 0 radical (unpaired) electrons. The summed E-state index contributed by atoms with van der Waals surface area (Å²) < 4.78 is 5.42. The van der Waals surface area contributed by atoms with Crippen LogP contribution in [0.3, 0.4) is 0 Å². The van der Waals surface area contributed by atoms with E-state index in [0.717, 1.165) is 6.42 Å². The van der Waals surface area contributed by atoms with Gasteiger partial charge in [-0.05, 0) is 30.9 Å². The highest BCUT2D eigenvalue weighted by atomic mass is 16.4. The van der Waals surface area contributed by atoms with E-state index in [4.69, 9.17) is 9.52 Å². The zero-order chi connectivity index (χ0) is 17.7. The van der Waals surface area contributed by atoms with Gasteiger partial charge in [0, 0.05) is 13.5 Å². The van der Waals surface area contributed by atoms with Gasteiger partial charge in [0.2, 0.25) is 5.91 Å². The second-order valence-corrected chi connectivity index (χ2v) is 6.09. The van der Waals surface area contributed by atoms with E-state index in [1.165, 1.54) is 11.6 Å². The topological polar surface area (TPSA) is 70.8 Å². The van der Waals surface area contributed by atoms with E-state index in [2.05, 4.69) is 19.1 Å². The molecule has 0 aliphatic heterocycles. The molecule has 2 aromatic rings. The Morgan fingerprint density at radius 2 is 1.92 bits per heavy atom. The molecule has 0 spiro atoms. The predicted molar refractivity (Wildman–Crippen MR) is 91.0 cm³/mol. The molecule has 1 aromatic heterocycles. The molecule has 2 rings (SSSR count). The lowest BCUT2D eigenvalue weighted by Crippen LogP contribution is -2.26. The number of aryl methyl sites for hydroxylation is 1. The molecule has 0 saturated heterocycles. The van der Waals surface area contributed by atoms with E-state index in [-0.39, 0.29) is 18.0 Å². The Hall–Kier alpha value is -2.56. The first-order valence-electron chi connectivity index (χ1n) is 8.00. The maximum Gasteiger partial charge on any atom is 0.339 e. The monoisotopic (exact) mass is 329 g/mol. The largest absolute Gasteiger partial charge is 0.478 e. The summed E-state index contributed by atoms with van der Waals surface area (Å²) in [6.07, 6.45) is 1.21. The zero-order valence-corrected chi connectivity index (χ0v) is 14.3. The summed E-state index contributed by atoms with van der Waals surface area (Å²) in [5.74, 6) is 0.151. The van der Waals surface area contributed by atoms with Gasteiger partial charge in [-0.3, -0.25) is 4.79 Å². The number of hydrogen-bond acceptors (Lipinski definition) is 3. The third-order valence-corrected chi connectivity index (χ3v) is 4.18. The number of carbonyl (C=O) groups is 2. The summed E-state index contributed by atoms with van der Waals surface area (Å²) in [6, 6.07) is 11.6. The van der Waals surface area contributed by atoms with Crippen molar-refractivity contribution in [1.82, 2.24) is 4.90 Å². The Bertz CT molecular complexity index is 705. The van der Waals surface area contributed by atoms with Gasteiger partial charge in [0.05, 0.1) is 6.54 Å². The highest BCUT2D eigenvalue weighted by molar-refractivity contribution is 5.88. The SMILES string of the molecule is Cc1oc(CN(C)C(=O)CCC(C)c2ccccc2)cc1C(=O)O. The molecule has 128 valence electrons. The van der Waals surface area contributed by atoms with Crippen LogP contribution in [0.1, 0.15) is 53.1 Å². The first-order chi connectivity index (χ1) is 11.4. The Labute approximate surface area is 141 Å². The second kappa shape index (κ2) is 7.81. The van der Waals surface area contributed by atoms with Crippen molar-refractivity contribution in [2.45, 2.75) is 39.2 Å². The molecule has 5 nitrogen and oxygen atoms in total. The molecule has 1 amide bonds. The summed E-state index contributed by atoms with van der Waals surface area (Å²) in [5, 5.41) is 9.04. The number of carboxylic acid groups (broad SMARTS) is 1. The van der Waals surface area contributed by atoms with Crippen LogP contribution in [-0.4, -0.2) is 28.9 Å². The maximum absolute atomic E-state index is 12.3. The molecule has 0 aliphatic carbocycles. The third-order valence-electron chi connectivity index (χ3n) is 4.18. The Kier molecular flexibility index (Phi) is 5.79. The van der Waals surface area contributed by atoms with Gasteiger partial charge in [0.1, 0.15) is 17.1 Å². The minimum Gasteiger partial charge on any atom is -0.478 e. The van der Waals surface area contributed by atoms with E-state index in [1.807, 2.05) is 18.2 Å². The number of nitrogens with zero attached hydrogens (tertiary/aromatic N) is 1. The number of amides is 1. The van der Waals surface area contributed by atoms with Crippen LogP contribution in [0.15, 0.2) is 40.8 Å². The summed E-state index contributed by atoms with van der Waals surface area (Å²) in [6.45, 7) is 3.99. The van der Waals surface area contributed by atoms with Gasteiger partial charge >= 0.3 is 5.97 Å². The van der Waals surface area contributed by atoms with Crippen LogP contribution in [0.2, 0.25) is 0 Å². The van der Waals surface area contributed by atoms with E-state index in [1.54, 1.807) is 18.9 Å². The zero-order valence-electron chi connectivity index (χ0n) is 14.3. The number of carboxylic acids is 1. The predicted octanol–water partition coefficient (Wildman–Crippen LogP) is 3.83. The normalized spacial score (nSPS) is 12.0. The van der Waals surface area contributed by atoms with Gasteiger partial charge in [-0.25, -0.2) is 4.79 Å². The number of furan rings is 1. The second-order valence-electron chi connectivity index (χ2n) is 6.09. The van der Waals surface area contributed by atoms with E-state index >= 15 is 0 Å². The summed E-state index contributed by atoms with van der Waals surface area (Å²) >= 11 is 0. The maximum atomic E-state index is 12.3. The van der Waals surface area contributed by atoms with Crippen LogP contribution in [-0.2, 0) is 11.3 Å². The molecule has 0 bridgehead atoms. The Morgan fingerprint density at radius 3 is 2.50 bits per heavy atom. The molecule has 5 heteroatoms. The number of aromatic carboxylic acids is 1. The molecule has 0 aliphatic rings. The Balaban J connectivity index is 1.88. The number of benzene rings is 1. The molecular weight excluding hydrogens is 306 g/mol. The van der Waals surface area contributed by atoms with Crippen LogP contribution in [0, 0.1) is 6.92 Å². The smallest absolute Gasteiger partial charge is 0.339 e. The minimum atomic E-state index is -1.02. The summed E-state index contributed by atoms with van der Waals surface area (Å²) in [7, 11) is 1.70. The molecule has 1 N–H and O–H groups in total. The Morgan fingerprint density at radius 1 is 1.25 bits per heavy atom. The average molecular weight is 329 g/mol. The summed E-state index contributed by atoms with van der Waals surface area (Å²) in [4.78, 5) is 24.9. The van der Waals surface area contributed by atoms with Gasteiger partial charge in [-0.1, -0.05) is 37.3 Å². The van der Waals surface area contributed by atoms with Crippen molar-refractivity contribution in [2.24, 2.45) is 0 Å². The van der Waals surface area contributed by atoms with Crippen molar-refractivity contribution >= 4 is 11.9 Å². The van der Waals surface area contributed by atoms with Crippen molar-refractivity contribution in [3.05, 3.63) is 59.0 Å². The first kappa shape index (κ1) is 17.8. The lowest BCUT2D eigenvalue weighted by atomic mass is 9.96. The van der Waals surface area contributed by atoms with Gasteiger partial charge in [-0.2, -0.15) is 0 Å². The first-order valence-corrected chi connectivity index (χ1v) is 8.00. The van der Waals surface area contributed by atoms with E-state index in [9.17, 15) is 9.59 Å². The van der Waals surface area contributed by atoms with Crippen molar-refractivity contribution in [1.29, 1.82) is 0 Å². The van der Waals surface area contributed by atoms with Crippen LogP contribution >= 0.6 is 0 Å².